The number of nitrogens with one attached hydrogen (secondary N) is 1. The Hall–Kier alpha value is -0.926. The van der Waals surface area contributed by atoms with Gasteiger partial charge >= 0.3 is 5.97 Å². The Balaban J connectivity index is 3.11. The van der Waals surface area contributed by atoms with Gasteiger partial charge in [0.05, 0.1) is 6.33 Å². The number of imidazole rings is 1. The van der Waals surface area contributed by atoms with Crippen molar-refractivity contribution in [1.82, 2.24) is 14.5 Å². The first-order chi connectivity index (χ1) is 11.5. The van der Waals surface area contributed by atoms with Gasteiger partial charge < -0.3 is 14.0 Å². The number of hydrogen-bond donors (Lipinski definition) is 1. The summed E-state index contributed by atoms with van der Waals surface area (Å²) in [7, 11) is -2.07. The first-order valence-corrected chi connectivity index (χ1v) is 15.3. The van der Waals surface area contributed by atoms with Crippen LogP contribution in [0.25, 0.3) is 0 Å². The summed E-state index contributed by atoms with van der Waals surface area (Å²) in [5.74, 6) is -0.123. The average Bonchev–Trinajstić information content (AvgIpc) is 2.80. The normalized spacial score (nSPS) is 15.0. The smallest absolute Gasteiger partial charge is 0.309 e. The molecule has 150 valence electrons. The molecule has 1 N–H and O–H groups in total. The molecule has 1 aromatic rings. The van der Waals surface area contributed by atoms with E-state index in [4.69, 9.17) is 4.43 Å². The monoisotopic (exact) mass is 397 g/mol. The number of aryl methyl sites for hydroxylation is 1. The van der Waals surface area contributed by atoms with Gasteiger partial charge in [-0.2, -0.15) is 0 Å². The van der Waals surface area contributed by atoms with Crippen molar-refractivity contribution < 1.29 is 9.22 Å². The van der Waals surface area contributed by atoms with Crippen molar-refractivity contribution in [3.05, 3.63) is 18.2 Å². The maximum Gasteiger partial charge on any atom is 0.309 e. The minimum Gasteiger partial charge on any atom is -0.518 e. The van der Waals surface area contributed by atoms with Crippen molar-refractivity contribution >= 4 is 22.5 Å². The van der Waals surface area contributed by atoms with E-state index in [1.807, 2.05) is 17.8 Å². The SMILES string of the molecule is Cn1cncc1CC(N[Si](C)(C)C(C)(C)C)C(=O)O[Si](C)(C)C(C)(C)C. The van der Waals surface area contributed by atoms with Gasteiger partial charge in [0.1, 0.15) is 14.3 Å². The van der Waals surface area contributed by atoms with E-state index in [2.05, 4.69) is 77.7 Å². The number of nitrogens with zero attached hydrogens (tertiary/aromatic N) is 2. The van der Waals surface area contributed by atoms with Crippen LogP contribution in [0.3, 0.4) is 0 Å². The standard InChI is InChI=1S/C19H39N3O2Si2/c1-18(2,3)25(8,9)21-16(12-15-13-20-14-22(15)7)17(23)24-26(10,11)19(4,5)6/h13-14,16,21H,12H2,1-11H3. The molecule has 0 bridgehead atoms. The van der Waals surface area contributed by atoms with E-state index in [1.165, 1.54) is 0 Å². The molecule has 0 saturated heterocycles. The van der Waals surface area contributed by atoms with Gasteiger partial charge in [0.2, 0.25) is 0 Å². The van der Waals surface area contributed by atoms with E-state index >= 15 is 0 Å². The first kappa shape index (κ1) is 23.1. The number of rotatable bonds is 6. The van der Waals surface area contributed by atoms with E-state index in [0.29, 0.717) is 6.42 Å². The molecule has 1 heterocycles. The predicted molar refractivity (Wildman–Crippen MR) is 114 cm³/mol. The van der Waals surface area contributed by atoms with Crippen LogP contribution in [-0.4, -0.2) is 38.1 Å². The van der Waals surface area contributed by atoms with Crippen molar-refractivity contribution in [1.29, 1.82) is 0 Å². The molecule has 1 unspecified atom stereocenters. The van der Waals surface area contributed by atoms with Crippen LogP contribution in [0.2, 0.25) is 36.3 Å². The zero-order valence-electron chi connectivity index (χ0n) is 18.7. The molecule has 0 radical (unpaired) electrons. The molecule has 7 heteroatoms. The molecule has 5 nitrogen and oxygen atoms in total. The number of aromatic nitrogens is 2. The van der Waals surface area contributed by atoms with Gasteiger partial charge in [-0.15, -0.1) is 0 Å². The average molecular weight is 398 g/mol. The molecule has 0 aliphatic rings. The lowest BCUT2D eigenvalue weighted by Gasteiger charge is -2.41. The number of carbonyl (C=O) groups is 1. The first-order valence-electron chi connectivity index (χ1n) is 9.44. The predicted octanol–water partition coefficient (Wildman–Crippen LogP) is 4.47. The highest BCUT2D eigenvalue weighted by atomic mass is 28.4. The third-order valence-corrected chi connectivity index (χ3v) is 15.3. The summed E-state index contributed by atoms with van der Waals surface area (Å²) in [5, 5.41) is 0.131. The lowest BCUT2D eigenvalue weighted by molar-refractivity contribution is -0.137. The second-order valence-corrected chi connectivity index (χ2v) is 20.2. The Kier molecular flexibility index (Phi) is 6.75. The minimum atomic E-state index is -2.16. The number of carbonyl (C=O) groups excluding carboxylic acids is 1. The largest absolute Gasteiger partial charge is 0.518 e. The topological polar surface area (TPSA) is 56.2 Å². The van der Waals surface area contributed by atoms with E-state index in [0.717, 1.165) is 5.69 Å². The lowest BCUT2D eigenvalue weighted by Crippen LogP contribution is -2.60. The Bertz CT molecular complexity index is 625. The van der Waals surface area contributed by atoms with E-state index in [-0.39, 0.29) is 22.1 Å². The Labute approximate surface area is 162 Å². The molecule has 0 spiro atoms. The van der Waals surface area contributed by atoms with Crippen LogP contribution in [0.4, 0.5) is 0 Å². The van der Waals surface area contributed by atoms with Crippen LogP contribution in [0.5, 0.6) is 0 Å². The maximum absolute atomic E-state index is 13.2. The fraction of sp³-hybridized carbons (Fsp3) is 0.789. The van der Waals surface area contributed by atoms with E-state index in [1.54, 1.807) is 6.33 Å². The van der Waals surface area contributed by atoms with Gasteiger partial charge in [-0.1, -0.05) is 54.6 Å². The molecule has 1 rings (SSSR count). The fourth-order valence-electron chi connectivity index (χ4n) is 2.11. The highest BCUT2D eigenvalue weighted by molar-refractivity contribution is 6.78. The van der Waals surface area contributed by atoms with Gasteiger partial charge in [-0.25, -0.2) is 4.98 Å². The van der Waals surface area contributed by atoms with Crippen LogP contribution < -0.4 is 4.98 Å². The summed E-state index contributed by atoms with van der Waals surface area (Å²) in [4.78, 5) is 21.1. The van der Waals surface area contributed by atoms with Gasteiger partial charge in [0.25, 0.3) is 8.32 Å². The summed E-state index contributed by atoms with van der Waals surface area (Å²) >= 11 is 0. The summed E-state index contributed by atoms with van der Waals surface area (Å²) < 4.78 is 8.11. The zero-order valence-corrected chi connectivity index (χ0v) is 20.7. The molecule has 0 amide bonds. The second kappa shape index (κ2) is 7.60. The van der Waals surface area contributed by atoms with E-state index in [9.17, 15) is 4.79 Å². The summed E-state index contributed by atoms with van der Waals surface area (Å²) in [6.45, 7) is 22.0. The second-order valence-electron chi connectivity index (χ2n) is 10.5. The van der Waals surface area contributed by atoms with Crippen LogP contribution in [0.15, 0.2) is 12.5 Å². The Morgan fingerprint density at radius 2 is 1.69 bits per heavy atom. The molecule has 1 atom stereocenters. The van der Waals surface area contributed by atoms with Crippen LogP contribution >= 0.6 is 0 Å². The van der Waals surface area contributed by atoms with Gasteiger partial charge in [-0.05, 0) is 23.2 Å². The number of hydrogen-bond acceptors (Lipinski definition) is 4. The quantitative estimate of drug-likeness (QED) is 0.719. The molecule has 0 aliphatic heterocycles. The van der Waals surface area contributed by atoms with Gasteiger partial charge in [-0.3, -0.25) is 4.79 Å². The molecular formula is C19H39N3O2Si2. The maximum atomic E-state index is 13.2. The van der Waals surface area contributed by atoms with Crippen LogP contribution in [0.1, 0.15) is 47.2 Å². The van der Waals surface area contributed by atoms with E-state index < -0.39 is 16.6 Å². The fourth-order valence-corrected chi connectivity index (χ4v) is 4.59. The third kappa shape index (κ3) is 5.53. The Morgan fingerprint density at radius 1 is 1.15 bits per heavy atom. The van der Waals surface area contributed by atoms with Crippen molar-refractivity contribution in [2.45, 2.75) is 90.3 Å². The molecule has 0 saturated carbocycles. The van der Waals surface area contributed by atoms with Gasteiger partial charge in [0, 0.05) is 25.4 Å². The van der Waals surface area contributed by atoms with Crippen LogP contribution in [0, 0.1) is 0 Å². The Morgan fingerprint density at radius 3 is 2.08 bits per heavy atom. The highest BCUT2D eigenvalue weighted by Crippen LogP contribution is 2.37. The van der Waals surface area contributed by atoms with Crippen molar-refractivity contribution in [3.8, 4) is 0 Å². The summed E-state index contributed by atoms with van der Waals surface area (Å²) in [6, 6.07) is -0.347. The summed E-state index contributed by atoms with van der Waals surface area (Å²) in [5.41, 5.74) is 1.04. The summed E-state index contributed by atoms with van der Waals surface area (Å²) in [6.07, 6.45) is 4.20. The zero-order chi connectivity index (χ0) is 20.6. The van der Waals surface area contributed by atoms with Crippen LogP contribution in [-0.2, 0) is 22.7 Å². The molecule has 0 aliphatic carbocycles. The third-order valence-electron chi connectivity index (χ3n) is 6.19. The van der Waals surface area contributed by atoms with Crippen molar-refractivity contribution in [2.75, 3.05) is 0 Å². The van der Waals surface area contributed by atoms with Crippen molar-refractivity contribution in [3.63, 3.8) is 0 Å². The lowest BCUT2D eigenvalue weighted by atomic mass is 10.2. The molecule has 0 fully saturated rings. The molecule has 26 heavy (non-hydrogen) atoms. The van der Waals surface area contributed by atoms with Crippen molar-refractivity contribution in [2.24, 2.45) is 7.05 Å². The highest BCUT2D eigenvalue weighted by Gasteiger charge is 2.44. The molecule has 0 aromatic carbocycles. The molecular weight excluding hydrogens is 358 g/mol. The minimum absolute atomic E-state index is 0.00326. The molecule has 1 aromatic heterocycles. The van der Waals surface area contributed by atoms with Gasteiger partial charge in [0.15, 0.2) is 0 Å².